The molecule has 184 valence electrons. The molecule has 2 aliphatic rings. The molecule has 2 aromatic carbocycles. The minimum absolute atomic E-state index is 0.0914. The van der Waals surface area contributed by atoms with Crippen molar-refractivity contribution in [3.8, 4) is 5.75 Å². The molecule has 1 unspecified atom stereocenters. The molecule has 2 N–H and O–H groups in total. The van der Waals surface area contributed by atoms with Crippen LogP contribution in [0.2, 0.25) is 5.02 Å². The molecule has 1 amide bonds. The molecule has 3 heterocycles. The quantitative estimate of drug-likeness (QED) is 0.552. The van der Waals surface area contributed by atoms with Gasteiger partial charge in [-0.3, -0.25) is 14.7 Å². The fourth-order valence-corrected chi connectivity index (χ4v) is 5.92. The highest BCUT2D eigenvalue weighted by Gasteiger charge is 2.34. The van der Waals surface area contributed by atoms with Crippen molar-refractivity contribution in [3.63, 3.8) is 0 Å². The van der Waals surface area contributed by atoms with Crippen LogP contribution in [0.5, 0.6) is 5.75 Å². The maximum absolute atomic E-state index is 13.1. The number of hydrogen-bond acceptors (Lipinski definition) is 5. The van der Waals surface area contributed by atoms with Gasteiger partial charge in [0, 0.05) is 49.4 Å². The van der Waals surface area contributed by atoms with Crippen LogP contribution in [0.15, 0.2) is 54.7 Å². The van der Waals surface area contributed by atoms with Crippen LogP contribution < -0.4 is 0 Å². The van der Waals surface area contributed by atoms with Crippen LogP contribution in [-0.4, -0.2) is 69.7 Å². The molecule has 0 bridgehead atoms. The number of benzene rings is 2. The summed E-state index contributed by atoms with van der Waals surface area (Å²) >= 11 is 6.09. The van der Waals surface area contributed by atoms with Gasteiger partial charge in [-0.15, -0.1) is 0 Å². The number of aromatic hydroxyl groups is 1. The molecule has 7 heteroatoms. The van der Waals surface area contributed by atoms with E-state index in [4.69, 9.17) is 11.6 Å². The van der Waals surface area contributed by atoms with Crippen molar-refractivity contribution < 1.29 is 15.0 Å². The first-order valence-electron chi connectivity index (χ1n) is 12.5. The van der Waals surface area contributed by atoms with Gasteiger partial charge in [0.25, 0.3) is 5.91 Å². The second kappa shape index (κ2) is 10.5. The van der Waals surface area contributed by atoms with Crippen LogP contribution in [0.4, 0.5) is 0 Å². The number of carbonyl (C=O) groups excluding carboxylic acids is 1. The van der Waals surface area contributed by atoms with E-state index in [-0.39, 0.29) is 24.2 Å². The number of aliphatic hydroxyl groups excluding tert-OH is 1. The lowest BCUT2D eigenvalue weighted by Crippen LogP contribution is -2.52. The van der Waals surface area contributed by atoms with E-state index in [2.05, 4.69) is 9.88 Å². The Hall–Kier alpha value is -2.67. The Morgan fingerprint density at radius 1 is 1.03 bits per heavy atom. The summed E-state index contributed by atoms with van der Waals surface area (Å²) in [5, 5.41) is 21.2. The topological polar surface area (TPSA) is 76.9 Å². The molecule has 3 aromatic rings. The maximum Gasteiger partial charge on any atom is 0.253 e. The van der Waals surface area contributed by atoms with Crippen LogP contribution in [0.3, 0.4) is 0 Å². The number of hydrogen-bond donors (Lipinski definition) is 2. The van der Waals surface area contributed by atoms with E-state index in [0.29, 0.717) is 17.0 Å². The summed E-state index contributed by atoms with van der Waals surface area (Å²) in [5.74, 6) is 0.795. The van der Waals surface area contributed by atoms with Crippen molar-refractivity contribution in [1.29, 1.82) is 0 Å². The standard InChI is InChI=1S/C28H32ClN3O3/c29-25-15-19(3-6-27(25)34)14-20-7-11-32(17-23(20)18-33)24-8-12-31(13-9-24)28(35)22-4-5-26-21(16-22)2-1-10-30-26/h1-6,10,15-16,20,23-24,33-34H,7-9,11-14,17-18H2/t20?,23-/m0/s1. The van der Waals surface area contributed by atoms with Crippen LogP contribution >= 0.6 is 11.6 Å². The Morgan fingerprint density at radius 2 is 1.86 bits per heavy atom. The summed E-state index contributed by atoms with van der Waals surface area (Å²) in [4.78, 5) is 22.0. The predicted octanol–water partition coefficient (Wildman–Crippen LogP) is 4.37. The van der Waals surface area contributed by atoms with Crippen LogP contribution in [0.25, 0.3) is 10.9 Å². The van der Waals surface area contributed by atoms with Gasteiger partial charge < -0.3 is 15.1 Å². The maximum atomic E-state index is 13.1. The number of carbonyl (C=O) groups is 1. The van der Waals surface area contributed by atoms with Crippen LogP contribution in [0, 0.1) is 11.8 Å². The fraction of sp³-hybridized carbons (Fsp3) is 0.429. The average molecular weight is 494 g/mol. The minimum Gasteiger partial charge on any atom is -0.506 e. The van der Waals surface area contributed by atoms with Crippen LogP contribution in [0.1, 0.15) is 35.2 Å². The molecule has 2 saturated heterocycles. The van der Waals surface area contributed by atoms with E-state index in [1.807, 2.05) is 47.4 Å². The van der Waals surface area contributed by atoms with E-state index in [1.165, 1.54) is 0 Å². The first-order chi connectivity index (χ1) is 17.0. The minimum atomic E-state index is 0.0914. The normalized spacial score (nSPS) is 21.9. The molecular formula is C28H32ClN3O3. The molecule has 1 aromatic heterocycles. The highest BCUT2D eigenvalue weighted by Crippen LogP contribution is 2.32. The molecule has 2 fully saturated rings. The lowest BCUT2D eigenvalue weighted by molar-refractivity contribution is 0.0242. The van der Waals surface area contributed by atoms with Crippen LogP contribution in [-0.2, 0) is 6.42 Å². The number of piperidine rings is 2. The van der Waals surface area contributed by atoms with Gasteiger partial charge in [0.15, 0.2) is 0 Å². The zero-order valence-electron chi connectivity index (χ0n) is 19.8. The fourth-order valence-electron chi connectivity index (χ4n) is 5.72. The molecule has 5 rings (SSSR count). The third-order valence-corrected chi connectivity index (χ3v) is 8.09. The van der Waals surface area contributed by atoms with Gasteiger partial charge in [-0.05, 0) is 86.0 Å². The first kappa shape index (κ1) is 24.0. The third kappa shape index (κ3) is 5.30. The number of pyridine rings is 1. The highest BCUT2D eigenvalue weighted by molar-refractivity contribution is 6.32. The van der Waals surface area contributed by atoms with Gasteiger partial charge in [-0.25, -0.2) is 0 Å². The van der Waals surface area contributed by atoms with Gasteiger partial charge >= 0.3 is 0 Å². The Balaban J connectivity index is 1.16. The van der Waals surface area contributed by atoms with Crippen molar-refractivity contribution >= 4 is 28.4 Å². The Morgan fingerprint density at radius 3 is 2.63 bits per heavy atom. The third-order valence-electron chi connectivity index (χ3n) is 7.79. The number of rotatable bonds is 5. The Bertz CT molecular complexity index is 1200. The first-order valence-corrected chi connectivity index (χ1v) is 12.9. The monoisotopic (exact) mass is 493 g/mol. The number of aromatic nitrogens is 1. The molecule has 35 heavy (non-hydrogen) atoms. The van der Waals surface area contributed by atoms with Crippen molar-refractivity contribution in [2.75, 3.05) is 32.8 Å². The van der Waals surface area contributed by atoms with Crippen molar-refractivity contribution in [1.82, 2.24) is 14.8 Å². The number of phenols is 1. The smallest absolute Gasteiger partial charge is 0.253 e. The van der Waals surface area contributed by atoms with Gasteiger partial charge in [-0.2, -0.15) is 0 Å². The van der Waals surface area contributed by atoms with Crippen molar-refractivity contribution in [3.05, 3.63) is 70.9 Å². The molecular weight excluding hydrogens is 462 g/mol. The molecule has 0 spiro atoms. The van der Waals surface area contributed by atoms with E-state index in [1.54, 1.807) is 12.3 Å². The largest absolute Gasteiger partial charge is 0.506 e. The molecule has 2 atom stereocenters. The second-order valence-corrected chi connectivity index (χ2v) is 10.3. The Kier molecular flexibility index (Phi) is 7.23. The number of likely N-dealkylation sites (tertiary alicyclic amines) is 2. The van der Waals surface area contributed by atoms with E-state index in [9.17, 15) is 15.0 Å². The molecule has 2 aliphatic heterocycles. The predicted molar refractivity (Wildman–Crippen MR) is 138 cm³/mol. The average Bonchev–Trinajstić information content (AvgIpc) is 2.90. The van der Waals surface area contributed by atoms with Gasteiger partial charge in [0.05, 0.1) is 10.5 Å². The molecule has 0 radical (unpaired) electrons. The molecule has 0 aliphatic carbocycles. The summed E-state index contributed by atoms with van der Waals surface area (Å²) in [6, 6.07) is 15.4. The Labute approximate surface area is 211 Å². The number of aliphatic hydroxyl groups is 1. The van der Waals surface area contributed by atoms with Gasteiger partial charge in [0.2, 0.25) is 0 Å². The SMILES string of the molecule is O=C(c1ccc2ncccc2c1)N1CCC(N2CCC(Cc3ccc(O)c(Cl)c3)[C@H](CO)C2)CC1. The number of halogens is 1. The van der Waals surface area contributed by atoms with Gasteiger partial charge in [0.1, 0.15) is 5.75 Å². The van der Waals surface area contributed by atoms with Crippen molar-refractivity contribution in [2.24, 2.45) is 11.8 Å². The second-order valence-electron chi connectivity index (χ2n) is 9.91. The number of fused-ring (bicyclic) bond motifs is 1. The summed E-state index contributed by atoms with van der Waals surface area (Å²) in [6.45, 7) is 3.56. The molecule has 6 nitrogen and oxygen atoms in total. The summed E-state index contributed by atoms with van der Waals surface area (Å²) in [6.07, 6.45) is 5.55. The lowest BCUT2D eigenvalue weighted by atomic mass is 9.80. The van der Waals surface area contributed by atoms with E-state index >= 15 is 0 Å². The summed E-state index contributed by atoms with van der Waals surface area (Å²) in [5.41, 5.74) is 2.72. The molecule has 0 saturated carbocycles. The van der Waals surface area contributed by atoms with Gasteiger partial charge in [-0.1, -0.05) is 23.7 Å². The zero-order valence-corrected chi connectivity index (χ0v) is 20.6. The number of nitrogens with zero attached hydrogens (tertiary/aromatic N) is 3. The van der Waals surface area contributed by atoms with Crippen molar-refractivity contribution in [2.45, 2.75) is 31.7 Å². The summed E-state index contributed by atoms with van der Waals surface area (Å²) < 4.78 is 0. The number of amides is 1. The zero-order chi connectivity index (χ0) is 24.4. The number of phenolic OH excluding ortho intramolecular Hbond substituents is 1. The highest BCUT2D eigenvalue weighted by atomic mass is 35.5. The van der Waals surface area contributed by atoms with E-state index < -0.39 is 0 Å². The summed E-state index contributed by atoms with van der Waals surface area (Å²) in [7, 11) is 0. The van der Waals surface area contributed by atoms with E-state index in [0.717, 1.165) is 73.9 Å². The lowest BCUT2D eigenvalue weighted by Gasteiger charge is -2.44.